The van der Waals surface area contributed by atoms with Crippen LogP contribution in [0.3, 0.4) is 0 Å². The van der Waals surface area contributed by atoms with Crippen LogP contribution >= 0.6 is 0 Å². The minimum Gasteiger partial charge on any atom is -0.495 e. The summed E-state index contributed by atoms with van der Waals surface area (Å²) in [6.45, 7) is 0.837. The van der Waals surface area contributed by atoms with Crippen molar-refractivity contribution < 1.29 is 24.1 Å². The van der Waals surface area contributed by atoms with E-state index >= 15 is 0 Å². The standard InChI is InChI=1S/C19H18N4O5/c1-26-14-5-3-2-4-12(14)20-10-17(24)22-23-18-11-8-15-16(28-7-6-27-15)9-13(11)21-19(18)25/h2-5,8-9,20-21,25H,6-7,10H2,1H3. The molecular weight excluding hydrogens is 364 g/mol. The van der Waals surface area contributed by atoms with Gasteiger partial charge in [0, 0.05) is 11.5 Å². The molecule has 0 fully saturated rings. The van der Waals surface area contributed by atoms with E-state index < -0.39 is 5.91 Å². The van der Waals surface area contributed by atoms with Crippen molar-refractivity contribution in [1.29, 1.82) is 0 Å². The smallest absolute Gasteiger partial charge is 0.283 e. The van der Waals surface area contributed by atoms with Crippen LogP contribution in [0.1, 0.15) is 0 Å². The fourth-order valence-electron chi connectivity index (χ4n) is 2.91. The predicted molar refractivity (Wildman–Crippen MR) is 102 cm³/mol. The quantitative estimate of drug-likeness (QED) is 0.582. The van der Waals surface area contributed by atoms with Crippen molar-refractivity contribution in [3.05, 3.63) is 36.4 Å². The van der Waals surface area contributed by atoms with Crippen LogP contribution in [0.4, 0.5) is 11.4 Å². The van der Waals surface area contributed by atoms with E-state index in [-0.39, 0.29) is 18.1 Å². The van der Waals surface area contributed by atoms with Gasteiger partial charge in [-0.1, -0.05) is 12.1 Å². The lowest BCUT2D eigenvalue weighted by Gasteiger charge is -2.17. The molecule has 2 aromatic carbocycles. The Morgan fingerprint density at radius 3 is 2.79 bits per heavy atom. The Kier molecular flexibility index (Phi) is 4.71. The van der Waals surface area contributed by atoms with Gasteiger partial charge >= 0.3 is 0 Å². The van der Waals surface area contributed by atoms with Gasteiger partial charge in [0.05, 0.1) is 24.9 Å². The number of aromatic amines is 1. The number of nitrogens with one attached hydrogen (secondary N) is 2. The number of fused-ring (bicyclic) bond motifs is 2. The first-order valence-corrected chi connectivity index (χ1v) is 8.61. The Morgan fingerprint density at radius 2 is 2.00 bits per heavy atom. The van der Waals surface area contributed by atoms with E-state index in [2.05, 4.69) is 20.5 Å². The molecule has 9 nitrogen and oxygen atoms in total. The van der Waals surface area contributed by atoms with Crippen molar-refractivity contribution in [2.45, 2.75) is 0 Å². The molecule has 0 bridgehead atoms. The fourth-order valence-corrected chi connectivity index (χ4v) is 2.91. The molecule has 3 N–H and O–H groups in total. The molecular formula is C19H18N4O5. The largest absolute Gasteiger partial charge is 0.495 e. The van der Waals surface area contributed by atoms with Crippen molar-refractivity contribution in [2.75, 3.05) is 32.2 Å². The number of rotatable bonds is 5. The number of hydrogen-bond acceptors (Lipinski definition) is 7. The second-order valence-electron chi connectivity index (χ2n) is 6.01. The number of H-pyrrole nitrogens is 1. The highest BCUT2D eigenvalue weighted by atomic mass is 16.6. The van der Waals surface area contributed by atoms with Crippen LogP contribution in [0.2, 0.25) is 0 Å². The topological polar surface area (TPSA) is 118 Å². The normalized spacial score (nSPS) is 13.0. The average molecular weight is 382 g/mol. The molecule has 0 atom stereocenters. The Hall–Kier alpha value is -3.75. The van der Waals surface area contributed by atoms with E-state index in [1.807, 2.05) is 12.1 Å². The number of aromatic hydroxyl groups is 1. The molecule has 0 saturated carbocycles. The number of benzene rings is 2. The number of azo groups is 1. The number of carbonyl (C=O) groups excluding carboxylic acids is 1. The number of anilines is 1. The third kappa shape index (κ3) is 3.41. The van der Waals surface area contributed by atoms with E-state index in [9.17, 15) is 9.90 Å². The molecule has 0 radical (unpaired) electrons. The van der Waals surface area contributed by atoms with E-state index in [4.69, 9.17) is 14.2 Å². The van der Waals surface area contributed by atoms with Crippen LogP contribution in [-0.4, -0.2) is 42.9 Å². The summed E-state index contributed by atoms with van der Waals surface area (Å²) in [6, 6.07) is 10.6. The zero-order valence-corrected chi connectivity index (χ0v) is 15.1. The van der Waals surface area contributed by atoms with E-state index in [1.165, 1.54) is 0 Å². The second-order valence-corrected chi connectivity index (χ2v) is 6.01. The SMILES string of the molecule is COc1ccccc1NCC(=O)N=Nc1c(O)[nH]c2cc3c(cc12)OCCO3. The summed E-state index contributed by atoms with van der Waals surface area (Å²) >= 11 is 0. The van der Waals surface area contributed by atoms with Gasteiger partial charge in [0.15, 0.2) is 17.2 Å². The summed E-state index contributed by atoms with van der Waals surface area (Å²) in [7, 11) is 1.55. The molecule has 28 heavy (non-hydrogen) atoms. The lowest BCUT2D eigenvalue weighted by molar-refractivity contribution is -0.116. The van der Waals surface area contributed by atoms with Crippen molar-refractivity contribution in [3.63, 3.8) is 0 Å². The number of para-hydroxylation sites is 2. The summed E-state index contributed by atoms with van der Waals surface area (Å²) < 4.78 is 16.3. The highest BCUT2D eigenvalue weighted by Crippen LogP contribution is 2.42. The molecule has 1 aliphatic rings. The highest BCUT2D eigenvalue weighted by Gasteiger charge is 2.18. The minimum absolute atomic E-state index is 0.0701. The van der Waals surface area contributed by atoms with Crippen molar-refractivity contribution in [1.82, 2.24) is 4.98 Å². The third-order valence-electron chi connectivity index (χ3n) is 4.21. The number of carbonyl (C=O) groups is 1. The maximum absolute atomic E-state index is 12.1. The number of aromatic nitrogens is 1. The van der Waals surface area contributed by atoms with Gasteiger partial charge in [-0.15, -0.1) is 10.2 Å². The first-order valence-electron chi connectivity index (χ1n) is 8.61. The molecule has 9 heteroatoms. The maximum Gasteiger partial charge on any atom is 0.283 e. The van der Waals surface area contributed by atoms with Crippen LogP contribution in [0, 0.1) is 0 Å². The fraction of sp³-hybridized carbons (Fsp3) is 0.211. The third-order valence-corrected chi connectivity index (χ3v) is 4.21. The molecule has 1 amide bonds. The predicted octanol–water partition coefficient (Wildman–Crippen LogP) is 3.38. The molecule has 1 aromatic heterocycles. The Bertz CT molecular complexity index is 1060. The van der Waals surface area contributed by atoms with Crippen LogP contribution < -0.4 is 19.5 Å². The minimum atomic E-state index is -0.503. The number of methoxy groups -OCH3 is 1. The Morgan fingerprint density at radius 1 is 1.25 bits per heavy atom. The van der Waals surface area contributed by atoms with Gasteiger partial charge in [-0.3, -0.25) is 4.79 Å². The van der Waals surface area contributed by atoms with Crippen molar-refractivity contribution in [2.24, 2.45) is 10.2 Å². The van der Waals surface area contributed by atoms with Crippen LogP contribution in [0.5, 0.6) is 23.1 Å². The number of hydrogen-bond donors (Lipinski definition) is 3. The maximum atomic E-state index is 12.1. The molecule has 0 saturated heterocycles. The van der Waals surface area contributed by atoms with Gasteiger partial charge in [0.1, 0.15) is 19.0 Å². The zero-order chi connectivity index (χ0) is 19.5. The first kappa shape index (κ1) is 17.7. The Balaban J connectivity index is 1.51. The molecule has 144 valence electrons. The van der Waals surface area contributed by atoms with Gasteiger partial charge in [-0.2, -0.15) is 0 Å². The summed E-state index contributed by atoms with van der Waals surface area (Å²) in [5.41, 5.74) is 1.44. The summed E-state index contributed by atoms with van der Waals surface area (Å²) in [5.74, 6) is 1.07. The molecule has 4 rings (SSSR count). The average Bonchev–Trinajstić information content (AvgIpc) is 3.03. The number of amides is 1. The van der Waals surface area contributed by atoms with Crippen LogP contribution in [0.25, 0.3) is 10.9 Å². The molecule has 1 aliphatic heterocycles. The number of ether oxygens (including phenoxy) is 3. The monoisotopic (exact) mass is 382 g/mol. The molecule has 2 heterocycles. The highest BCUT2D eigenvalue weighted by molar-refractivity contribution is 5.96. The molecule has 0 aliphatic carbocycles. The van der Waals surface area contributed by atoms with Crippen molar-refractivity contribution in [3.8, 4) is 23.1 Å². The van der Waals surface area contributed by atoms with Crippen molar-refractivity contribution >= 4 is 28.2 Å². The first-order chi connectivity index (χ1) is 13.7. The van der Waals surface area contributed by atoms with E-state index in [1.54, 1.807) is 31.4 Å². The molecule has 3 aromatic rings. The Labute approximate surface area is 159 Å². The second kappa shape index (κ2) is 7.47. The lowest BCUT2D eigenvalue weighted by atomic mass is 10.2. The lowest BCUT2D eigenvalue weighted by Crippen LogP contribution is -2.15. The summed E-state index contributed by atoms with van der Waals surface area (Å²) in [6.07, 6.45) is 0. The molecule has 0 spiro atoms. The summed E-state index contributed by atoms with van der Waals surface area (Å²) in [5, 5.41) is 21.3. The van der Waals surface area contributed by atoms with E-state index in [0.717, 1.165) is 0 Å². The number of nitrogens with zero attached hydrogens (tertiary/aromatic N) is 2. The van der Waals surface area contributed by atoms with Gasteiger partial charge in [0.2, 0.25) is 5.88 Å². The zero-order valence-electron chi connectivity index (χ0n) is 15.1. The summed E-state index contributed by atoms with van der Waals surface area (Å²) in [4.78, 5) is 14.9. The van der Waals surface area contributed by atoms with Gasteiger partial charge < -0.3 is 29.6 Å². The van der Waals surface area contributed by atoms with Crippen LogP contribution in [0.15, 0.2) is 46.6 Å². The van der Waals surface area contributed by atoms with Gasteiger partial charge in [-0.25, -0.2) is 0 Å². The van der Waals surface area contributed by atoms with E-state index in [0.29, 0.717) is 47.1 Å². The van der Waals surface area contributed by atoms with Gasteiger partial charge in [-0.05, 0) is 18.2 Å². The molecule has 0 unspecified atom stereocenters. The van der Waals surface area contributed by atoms with Gasteiger partial charge in [0.25, 0.3) is 5.91 Å². The van der Waals surface area contributed by atoms with Crippen LogP contribution in [-0.2, 0) is 4.79 Å².